The molecule has 2 heterocycles. The Labute approximate surface area is 119 Å². The van der Waals surface area contributed by atoms with Crippen LogP contribution in [0, 0.1) is 0 Å². The van der Waals surface area contributed by atoms with E-state index >= 15 is 0 Å². The number of amides is 2. The molecule has 0 aromatic carbocycles. The molecule has 1 aliphatic rings. The summed E-state index contributed by atoms with van der Waals surface area (Å²) in [6, 6.07) is 3.32. The molecule has 2 N–H and O–H groups in total. The second kappa shape index (κ2) is 6.67. The first-order chi connectivity index (χ1) is 9.58. The molecule has 1 fully saturated rings. The monoisotopic (exact) mass is 278 g/mol. The second-order valence-corrected chi connectivity index (χ2v) is 5.46. The number of carbonyl (C=O) groups excluding carboxylic acids is 1. The molecule has 0 atom stereocenters. The Kier molecular flexibility index (Phi) is 4.92. The van der Waals surface area contributed by atoms with Crippen LogP contribution in [0.2, 0.25) is 0 Å². The maximum atomic E-state index is 11.9. The van der Waals surface area contributed by atoms with E-state index in [2.05, 4.69) is 34.4 Å². The number of nitrogens with one attached hydrogen (secondary N) is 2. The third-order valence-electron chi connectivity index (χ3n) is 3.49. The van der Waals surface area contributed by atoms with Crippen molar-refractivity contribution in [3.63, 3.8) is 0 Å². The van der Waals surface area contributed by atoms with Gasteiger partial charge >= 0.3 is 6.03 Å². The minimum absolute atomic E-state index is 0.0840. The summed E-state index contributed by atoms with van der Waals surface area (Å²) in [7, 11) is 0. The van der Waals surface area contributed by atoms with Crippen LogP contribution < -0.4 is 10.6 Å². The minimum atomic E-state index is -0.197. The van der Waals surface area contributed by atoms with Crippen molar-refractivity contribution in [2.75, 3.05) is 38.2 Å². The Morgan fingerprint density at radius 1 is 1.35 bits per heavy atom. The van der Waals surface area contributed by atoms with E-state index < -0.39 is 0 Å². The summed E-state index contributed by atoms with van der Waals surface area (Å²) in [6.45, 7) is 8.17. The summed E-state index contributed by atoms with van der Waals surface area (Å²) in [4.78, 5) is 18.1. The average molecular weight is 278 g/mol. The Morgan fingerprint density at radius 3 is 2.65 bits per heavy atom. The van der Waals surface area contributed by atoms with Gasteiger partial charge in [-0.1, -0.05) is 0 Å². The Bertz CT molecular complexity index is 430. The van der Waals surface area contributed by atoms with E-state index in [4.69, 9.17) is 4.74 Å². The molecular formula is C14H22N4O2. The summed E-state index contributed by atoms with van der Waals surface area (Å²) in [5.74, 6) is 0. The molecule has 2 rings (SSSR count). The van der Waals surface area contributed by atoms with Crippen molar-refractivity contribution in [3.05, 3.63) is 24.5 Å². The lowest BCUT2D eigenvalue weighted by atomic mass is 10.0. The van der Waals surface area contributed by atoms with E-state index in [-0.39, 0.29) is 11.6 Å². The number of nitrogens with zero attached hydrogens (tertiary/aromatic N) is 2. The molecule has 0 saturated carbocycles. The number of anilines is 1. The molecule has 1 aromatic heterocycles. The molecule has 0 bridgehead atoms. The van der Waals surface area contributed by atoms with Crippen molar-refractivity contribution < 1.29 is 9.53 Å². The fourth-order valence-electron chi connectivity index (χ4n) is 2.19. The van der Waals surface area contributed by atoms with Gasteiger partial charge in [0.05, 0.1) is 13.2 Å². The molecule has 110 valence electrons. The van der Waals surface area contributed by atoms with Gasteiger partial charge in [0.2, 0.25) is 0 Å². The lowest BCUT2D eigenvalue weighted by Gasteiger charge is -2.40. The number of carbonyl (C=O) groups is 1. The Balaban J connectivity index is 1.80. The van der Waals surface area contributed by atoms with Gasteiger partial charge < -0.3 is 15.4 Å². The fraction of sp³-hybridized carbons (Fsp3) is 0.571. The standard InChI is InChI=1S/C14H22N4O2/c1-14(2,18-7-9-20-10-8-18)11-16-13(19)17-12-3-5-15-6-4-12/h3-6H,7-11H2,1-2H3,(H2,15,16,17,19). The normalized spacial score (nSPS) is 16.7. The molecule has 0 unspecified atom stereocenters. The van der Waals surface area contributed by atoms with E-state index in [0.717, 1.165) is 32.0 Å². The third-order valence-corrected chi connectivity index (χ3v) is 3.49. The second-order valence-electron chi connectivity index (χ2n) is 5.46. The average Bonchev–Trinajstić information content (AvgIpc) is 2.47. The first-order valence-corrected chi connectivity index (χ1v) is 6.86. The topological polar surface area (TPSA) is 66.5 Å². The van der Waals surface area contributed by atoms with Gasteiger partial charge in [0.1, 0.15) is 0 Å². The first kappa shape index (κ1) is 14.7. The number of hydrogen-bond acceptors (Lipinski definition) is 4. The van der Waals surface area contributed by atoms with Crippen LogP contribution in [0.1, 0.15) is 13.8 Å². The molecular weight excluding hydrogens is 256 g/mol. The van der Waals surface area contributed by atoms with Gasteiger partial charge in [0.25, 0.3) is 0 Å². The molecule has 2 amide bonds. The molecule has 0 aliphatic carbocycles. The lowest BCUT2D eigenvalue weighted by Crippen LogP contribution is -2.55. The van der Waals surface area contributed by atoms with Crippen molar-refractivity contribution in [3.8, 4) is 0 Å². The molecule has 6 nitrogen and oxygen atoms in total. The zero-order valence-electron chi connectivity index (χ0n) is 12.1. The van der Waals surface area contributed by atoms with E-state index in [1.54, 1.807) is 24.5 Å². The highest BCUT2D eigenvalue weighted by Crippen LogP contribution is 2.15. The molecule has 6 heteroatoms. The SMILES string of the molecule is CC(C)(CNC(=O)Nc1ccncc1)N1CCOCC1. The highest BCUT2D eigenvalue weighted by Gasteiger charge is 2.28. The number of rotatable bonds is 4. The van der Waals surface area contributed by atoms with Crippen LogP contribution in [0.4, 0.5) is 10.5 Å². The number of aromatic nitrogens is 1. The quantitative estimate of drug-likeness (QED) is 0.871. The van der Waals surface area contributed by atoms with Crippen LogP contribution in [0.5, 0.6) is 0 Å². The van der Waals surface area contributed by atoms with Crippen molar-refractivity contribution in [2.24, 2.45) is 0 Å². The molecule has 1 saturated heterocycles. The summed E-state index contributed by atoms with van der Waals surface area (Å²) in [6.07, 6.45) is 3.29. The van der Waals surface area contributed by atoms with Crippen molar-refractivity contribution >= 4 is 11.7 Å². The van der Waals surface area contributed by atoms with Crippen LogP contribution in [-0.2, 0) is 4.74 Å². The van der Waals surface area contributed by atoms with E-state index in [1.807, 2.05) is 0 Å². The summed E-state index contributed by atoms with van der Waals surface area (Å²) in [5.41, 5.74) is 0.654. The summed E-state index contributed by atoms with van der Waals surface area (Å²) < 4.78 is 5.35. The number of morpholine rings is 1. The zero-order valence-corrected chi connectivity index (χ0v) is 12.1. The smallest absolute Gasteiger partial charge is 0.319 e. The van der Waals surface area contributed by atoms with Gasteiger partial charge in [-0.05, 0) is 26.0 Å². The van der Waals surface area contributed by atoms with Gasteiger partial charge in [-0.2, -0.15) is 0 Å². The molecule has 1 aromatic rings. The number of urea groups is 1. The van der Waals surface area contributed by atoms with Gasteiger partial charge in [0.15, 0.2) is 0 Å². The highest BCUT2D eigenvalue weighted by molar-refractivity contribution is 5.89. The van der Waals surface area contributed by atoms with Crippen LogP contribution >= 0.6 is 0 Å². The highest BCUT2D eigenvalue weighted by atomic mass is 16.5. The molecule has 0 spiro atoms. The number of pyridine rings is 1. The van der Waals surface area contributed by atoms with Crippen LogP contribution in [0.15, 0.2) is 24.5 Å². The van der Waals surface area contributed by atoms with E-state index in [0.29, 0.717) is 6.54 Å². The Hall–Kier alpha value is -1.66. The van der Waals surface area contributed by atoms with Gasteiger partial charge in [-0.3, -0.25) is 9.88 Å². The van der Waals surface area contributed by atoms with Gasteiger partial charge in [-0.25, -0.2) is 4.79 Å². The fourth-order valence-corrected chi connectivity index (χ4v) is 2.19. The minimum Gasteiger partial charge on any atom is -0.379 e. The van der Waals surface area contributed by atoms with Gasteiger partial charge in [0, 0.05) is 43.3 Å². The predicted molar refractivity (Wildman–Crippen MR) is 77.7 cm³/mol. The summed E-state index contributed by atoms with van der Waals surface area (Å²) in [5, 5.41) is 5.70. The molecule has 20 heavy (non-hydrogen) atoms. The van der Waals surface area contributed by atoms with Crippen LogP contribution in [0.25, 0.3) is 0 Å². The Morgan fingerprint density at radius 2 is 2.00 bits per heavy atom. The lowest BCUT2D eigenvalue weighted by molar-refractivity contribution is -0.00863. The number of ether oxygens (including phenoxy) is 1. The maximum Gasteiger partial charge on any atom is 0.319 e. The summed E-state index contributed by atoms with van der Waals surface area (Å²) >= 11 is 0. The van der Waals surface area contributed by atoms with Crippen LogP contribution in [-0.4, -0.2) is 54.3 Å². The van der Waals surface area contributed by atoms with Crippen molar-refractivity contribution in [1.82, 2.24) is 15.2 Å². The van der Waals surface area contributed by atoms with Gasteiger partial charge in [-0.15, -0.1) is 0 Å². The third kappa shape index (κ3) is 4.18. The van der Waals surface area contributed by atoms with Crippen molar-refractivity contribution in [1.29, 1.82) is 0 Å². The molecule has 0 radical (unpaired) electrons. The predicted octanol–water partition coefficient (Wildman–Crippen LogP) is 1.31. The zero-order chi connectivity index (χ0) is 14.4. The van der Waals surface area contributed by atoms with E-state index in [9.17, 15) is 4.79 Å². The van der Waals surface area contributed by atoms with Crippen molar-refractivity contribution in [2.45, 2.75) is 19.4 Å². The van der Waals surface area contributed by atoms with Crippen LogP contribution in [0.3, 0.4) is 0 Å². The molecule has 1 aliphatic heterocycles. The van der Waals surface area contributed by atoms with E-state index in [1.165, 1.54) is 0 Å². The first-order valence-electron chi connectivity index (χ1n) is 6.86. The number of hydrogen-bond donors (Lipinski definition) is 2. The largest absolute Gasteiger partial charge is 0.379 e. The maximum absolute atomic E-state index is 11.9.